The molecule has 0 aliphatic rings. The van der Waals surface area contributed by atoms with Crippen molar-refractivity contribution in [1.82, 2.24) is 5.32 Å². The molecular weight excluding hydrogens is 769 g/mol. The number of esters is 1. The van der Waals surface area contributed by atoms with Crippen molar-refractivity contribution >= 4 is 25.7 Å². The van der Waals surface area contributed by atoms with Crippen molar-refractivity contribution in [3.05, 3.63) is 36.5 Å². The largest absolute Gasteiger partial charge is 0.480 e. The number of phosphoric ester groups is 1. The highest BCUT2D eigenvalue weighted by molar-refractivity contribution is 7.47. The van der Waals surface area contributed by atoms with Crippen LogP contribution in [0.2, 0.25) is 0 Å². The van der Waals surface area contributed by atoms with Gasteiger partial charge in [0.1, 0.15) is 12.7 Å². The van der Waals surface area contributed by atoms with Gasteiger partial charge in [0.15, 0.2) is 6.04 Å². The molecule has 0 bridgehead atoms. The molecule has 0 heterocycles. The van der Waals surface area contributed by atoms with E-state index in [2.05, 4.69) is 55.6 Å². The van der Waals surface area contributed by atoms with E-state index < -0.39 is 57.6 Å². The van der Waals surface area contributed by atoms with Gasteiger partial charge in [-0.25, -0.2) is 9.36 Å². The molecule has 4 N–H and O–H groups in total. The van der Waals surface area contributed by atoms with Crippen molar-refractivity contribution < 1.29 is 47.8 Å². The fraction of sp³-hybridized carbons (Fsp3) is 0.809. The summed E-state index contributed by atoms with van der Waals surface area (Å²) in [6.45, 7) is 2.47. The summed E-state index contributed by atoms with van der Waals surface area (Å²) < 4.78 is 26.8. The molecule has 1 amide bonds. The van der Waals surface area contributed by atoms with E-state index in [1.54, 1.807) is 0 Å². The van der Waals surface area contributed by atoms with E-state index in [-0.39, 0.29) is 12.8 Å². The summed E-state index contributed by atoms with van der Waals surface area (Å²) in [5.74, 6) is -2.40. The molecule has 0 aliphatic heterocycles. The smallest absolute Gasteiger partial charge is 0.472 e. The molecule has 0 aromatic carbocycles. The lowest BCUT2D eigenvalue weighted by Crippen LogP contribution is -2.43. The van der Waals surface area contributed by atoms with E-state index in [9.17, 15) is 34.1 Å². The van der Waals surface area contributed by atoms with Crippen LogP contribution in [-0.2, 0) is 32.7 Å². The highest BCUT2D eigenvalue weighted by Crippen LogP contribution is 2.43. The molecule has 0 aromatic rings. The van der Waals surface area contributed by atoms with E-state index in [4.69, 9.17) is 13.8 Å². The number of carboxylic acid groups (broad SMARTS) is 1. The third-order valence-corrected chi connectivity index (χ3v) is 11.1. The summed E-state index contributed by atoms with van der Waals surface area (Å²) in [6, 6.07) is -1.55. The predicted octanol–water partition coefficient (Wildman–Crippen LogP) is 12.4. The standard InChI is InChI=1S/C47H86NO10P/c1-3-5-7-9-11-13-15-17-18-19-20-21-22-23-24-25-27-28-30-32-34-36-38-45(50)48-44(47(52)53)42-58-59(54,55)57-41-43(49)40-56-46(51)39-37-35-33-31-29-26-16-14-12-10-8-6-4-2/h6,8,12,14,26,29,43-44,49H,3-5,7,9-11,13,15-25,27-28,30-42H2,1-2H3,(H,48,50)(H,52,53)(H,54,55)/b8-6-,14-12-,29-26-. The van der Waals surface area contributed by atoms with E-state index >= 15 is 0 Å². The van der Waals surface area contributed by atoms with Crippen LogP contribution in [0.4, 0.5) is 0 Å². The Morgan fingerprint density at radius 3 is 1.47 bits per heavy atom. The highest BCUT2D eigenvalue weighted by Gasteiger charge is 2.28. The Labute approximate surface area is 359 Å². The number of carbonyl (C=O) groups is 3. The van der Waals surface area contributed by atoms with Gasteiger partial charge in [-0.2, -0.15) is 0 Å². The zero-order valence-electron chi connectivity index (χ0n) is 37.3. The van der Waals surface area contributed by atoms with Gasteiger partial charge in [-0.05, 0) is 44.9 Å². The zero-order valence-corrected chi connectivity index (χ0v) is 38.2. The molecule has 11 nitrogen and oxygen atoms in total. The summed E-state index contributed by atoms with van der Waals surface area (Å²) in [7, 11) is -4.76. The third kappa shape index (κ3) is 42.2. The second-order valence-electron chi connectivity index (χ2n) is 15.9. The molecule has 0 aromatic heterocycles. The lowest BCUT2D eigenvalue weighted by Gasteiger charge is -2.18. The number of rotatable bonds is 44. The van der Waals surface area contributed by atoms with Gasteiger partial charge in [0, 0.05) is 12.8 Å². The molecule has 59 heavy (non-hydrogen) atoms. The maximum atomic E-state index is 12.3. The third-order valence-electron chi connectivity index (χ3n) is 10.2. The van der Waals surface area contributed by atoms with Gasteiger partial charge >= 0.3 is 19.8 Å². The second kappa shape index (κ2) is 42.4. The molecule has 12 heteroatoms. The fourth-order valence-corrected chi connectivity index (χ4v) is 7.34. The first-order valence-electron chi connectivity index (χ1n) is 23.5. The molecule has 3 unspecified atom stereocenters. The number of carboxylic acids is 1. The normalized spacial score (nSPS) is 14.0. The highest BCUT2D eigenvalue weighted by atomic mass is 31.2. The molecule has 0 fully saturated rings. The van der Waals surface area contributed by atoms with Gasteiger partial charge in [0.25, 0.3) is 0 Å². The van der Waals surface area contributed by atoms with Crippen molar-refractivity contribution in [1.29, 1.82) is 0 Å². The van der Waals surface area contributed by atoms with E-state index in [1.165, 1.54) is 116 Å². The average molecular weight is 856 g/mol. The van der Waals surface area contributed by atoms with Gasteiger partial charge < -0.3 is 25.2 Å². The van der Waals surface area contributed by atoms with Gasteiger partial charge in [-0.15, -0.1) is 0 Å². The van der Waals surface area contributed by atoms with Crippen molar-refractivity contribution in [3.8, 4) is 0 Å². The van der Waals surface area contributed by atoms with Crippen LogP contribution in [-0.4, -0.2) is 64.9 Å². The first kappa shape index (κ1) is 56.7. The number of ether oxygens (including phenoxy) is 1. The van der Waals surface area contributed by atoms with Crippen LogP contribution < -0.4 is 5.32 Å². The van der Waals surface area contributed by atoms with Crippen LogP contribution in [0.1, 0.15) is 213 Å². The quantitative estimate of drug-likeness (QED) is 0.0200. The molecule has 0 saturated heterocycles. The number of carbonyl (C=O) groups excluding carboxylic acids is 2. The van der Waals surface area contributed by atoms with Crippen LogP contribution in [0.5, 0.6) is 0 Å². The maximum Gasteiger partial charge on any atom is 0.472 e. The molecule has 0 saturated carbocycles. The van der Waals surface area contributed by atoms with Crippen LogP contribution >= 0.6 is 7.82 Å². The number of nitrogens with one attached hydrogen (secondary N) is 1. The molecule has 0 radical (unpaired) electrons. The van der Waals surface area contributed by atoms with E-state index in [0.29, 0.717) is 12.8 Å². The summed E-state index contributed by atoms with van der Waals surface area (Å²) in [5.41, 5.74) is 0. The molecular formula is C47H86NO10P. The van der Waals surface area contributed by atoms with E-state index in [0.717, 1.165) is 57.8 Å². The number of aliphatic hydroxyl groups is 1. The average Bonchev–Trinajstić information content (AvgIpc) is 3.21. The van der Waals surface area contributed by atoms with Gasteiger partial charge in [0.05, 0.1) is 13.2 Å². The number of hydrogen-bond acceptors (Lipinski definition) is 8. The molecule has 0 spiro atoms. The minimum atomic E-state index is -4.76. The topological polar surface area (TPSA) is 169 Å². The molecule has 344 valence electrons. The Morgan fingerprint density at radius 1 is 0.559 bits per heavy atom. The number of aliphatic hydroxyl groups excluding tert-OH is 1. The van der Waals surface area contributed by atoms with E-state index in [1.807, 2.05) is 0 Å². The first-order valence-corrected chi connectivity index (χ1v) is 25.0. The molecule has 3 atom stereocenters. The lowest BCUT2D eigenvalue weighted by atomic mass is 10.0. The van der Waals surface area contributed by atoms with Crippen LogP contribution in [0.25, 0.3) is 0 Å². The summed E-state index contributed by atoms with van der Waals surface area (Å²) in [4.78, 5) is 46.0. The zero-order chi connectivity index (χ0) is 43.5. The first-order chi connectivity index (χ1) is 28.6. The fourth-order valence-electron chi connectivity index (χ4n) is 6.57. The van der Waals surface area contributed by atoms with Crippen LogP contribution in [0.3, 0.4) is 0 Å². The SMILES string of the molecule is CC/C=C\C/C=C\C/C=C\CCCCCC(=O)OCC(O)COP(=O)(O)OCC(NC(=O)CCCCCCCCCCCCCCCCCCCCCCCC)C(=O)O. The Balaban J connectivity index is 3.85. The number of hydrogen-bond donors (Lipinski definition) is 4. The minimum absolute atomic E-state index is 0.147. The van der Waals surface area contributed by atoms with Crippen molar-refractivity contribution in [2.45, 2.75) is 225 Å². The summed E-state index contributed by atoms with van der Waals surface area (Å²) in [6.07, 6.45) is 46.1. The predicted molar refractivity (Wildman–Crippen MR) is 240 cm³/mol. The second-order valence-corrected chi connectivity index (χ2v) is 17.4. The van der Waals surface area contributed by atoms with Gasteiger partial charge in [-0.1, -0.05) is 192 Å². The maximum absolute atomic E-state index is 12.3. The minimum Gasteiger partial charge on any atom is -0.480 e. The van der Waals surface area contributed by atoms with Crippen molar-refractivity contribution in [2.24, 2.45) is 0 Å². The van der Waals surface area contributed by atoms with Gasteiger partial charge in [-0.3, -0.25) is 18.6 Å². The Hall–Kier alpha value is -2.30. The molecule has 0 aliphatic carbocycles. The van der Waals surface area contributed by atoms with Crippen LogP contribution in [0.15, 0.2) is 36.5 Å². The Morgan fingerprint density at radius 2 is 0.983 bits per heavy atom. The summed E-state index contributed by atoms with van der Waals surface area (Å²) in [5, 5.41) is 21.8. The number of phosphoric acid groups is 1. The number of allylic oxidation sites excluding steroid dienone is 6. The van der Waals surface area contributed by atoms with Gasteiger partial charge in [0.2, 0.25) is 5.91 Å². The van der Waals surface area contributed by atoms with Crippen molar-refractivity contribution in [3.63, 3.8) is 0 Å². The number of unbranched alkanes of at least 4 members (excludes halogenated alkanes) is 24. The summed E-state index contributed by atoms with van der Waals surface area (Å²) >= 11 is 0. The lowest BCUT2D eigenvalue weighted by molar-refractivity contribution is -0.147. The van der Waals surface area contributed by atoms with Crippen molar-refractivity contribution in [2.75, 3.05) is 19.8 Å². The Bertz CT molecular complexity index is 1140. The van der Waals surface area contributed by atoms with Crippen LogP contribution in [0, 0.1) is 0 Å². The molecule has 0 rings (SSSR count). The Kier molecular flexibility index (Phi) is 40.7. The monoisotopic (exact) mass is 856 g/mol. The number of aliphatic carboxylic acids is 1. The number of amides is 1.